The van der Waals surface area contributed by atoms with Gasteiger partial charge in [0.2, 0.25) is 5.88 Å². The van der Waals surface area contributed by atoms with Gasteiger partial charge in [0.05, 0.1) is 41.8 Å². The molecule has 3 aromatic rings. The van der Waals surface area contributed by atoms with Crippen molar-refractivity contribution in [1.82, 2.24) is 20.3 Å². The van der Waals surface area contributed by atoms with Crippen molar-refractivity contribution in [3.05, 3.63) is 47.5 Å². The largest absolute Gasteiger partial charge is 0.480 e. The van der Waals surface area contributed by atoms with Crippen molar-refractivity contribution in [1.29, 1.82) is 0 Å². The number of aliphatic hydroxyl groups excluding tert-OH is 1. The predicted molar refractivity (Wildman–Crippen MR) is 141 cm³/mol. The molecule has 2 saturated heterocycles. The van der Waals surface area contributed by atoms with E-state index in [0.29, 0.717) is 43.1 Å². The molecule has 0 spiro atoms. The van der Waals surface area contributed by atoms with E-state index in [0.717, 1.165) is 24.7 Å². The van der Waals surface area contributed by atoms with Gasteiger partial charge in [0, 0.05) is 30.1 Å². The number of halogens is 1. The Labute approximate surface area is 230 Å². The molecule has 11 nitrogen and oxygen atoms in total. The fourth-order valence-corrected chi connectivity index (χ4v) is 6.09. The van der Waals surface area contributed by atoms with Crippen LogP contribution in [0.4, 0.5) is 10.2 Å². The lowest BCUT2D eigenvalue weighted by Crippen LogP contribution is -2.62. The van der Waals surface area contributed by atoms with E-state index in [1.165, 1.54) is 0 Å². The first-order valence-corrected chi connectivity index (χ1v) is 13.4. The number of hydrogen-bond donors (Lipinski definition) is 4. The number of aliphatic hydroxyl groups is 2. The molecule has 3 aromatic heterocycles. The van der Waals surface area contributed by atoms with Gasteiger partial charge in [0.1, 0.15) is 17.9 Å². The number of carbonyl (C=O) groups is 1. The molecular formula is C28H32FN5O6. The third kappa shape index (κ3) is 5.07. The zero-order valence-electron chi connectivity index (χ0n) is 22.2. The second-order valence-corrected chi connectivity index (χ2v) is 11.1. The highest BCUT2D eigenvalue weighted by atomic mass is 19.1. The Morgan fingerprint density at radius 1 is 1.20 bits per heavy atom. The van der Waals surface area contributed by atoms with E-state index in [9.17, 15) is 9.90 Å². The van der Waals surface area contributed by atoms with Crippen LogP contribution in [0.1, 0.15) is 50.3 Å². The standard InChI is InChI=1S/C28H32FN5O6/c1-26(37,23-18(29)13-30-19-3-5-22(34-24(19)23)38-11-10-35)15-28-8-6-27(7-9-28,16-40-28)31-12-17-2-4-20-25(32-17)33-21(36)14-39-20/h2-5,13,31,35,37H,6-12,14-16H2,1H3,(H,32,33,36). The Morgan fingerprint density at radius 2 is 2.02 bits per heavy atom. The van der Waals surface area contributed by atoms with Crippen LogP contribution in [0, 0.1) is 5.82 Å². The molecule has 3 aliphatic heterocycles. The minimum Gasteiger partial charge on any atom is -0.480 e. The van der Waals surface area contributed by atoms with Crippen LogP contribution in [0.15, 0.2) is 30.5 Å². The van der Waals surface area contributed by atoms with Crippen LogP contribution in [0.5, 0.6) is 11.6 Å². The quantitative estimate of drug-likeness (QED) is 0.311. The van der Waals surface area contributed by atoms with Gasteiger partial charge in [0.25, 0.3) is 5.91 Å². The van der Waals surface area contributed by atoms with Crippen LogP contribution in [0.2, 0.25) is 0 Å². The van der Waals surface area contributed by atoms with Crippen molar-refractivity contribution in [2.45, 2.75) is 62.3 Å². The lowest BCUT2D eigenvalue weighted by atomic mass is 9.67. The van der Waals surface area contributed by atoms with E-state index in [4.69, 9.17) is 19.3 Å². The lowest BCUT2D eigenvalue weighted by molar-refractivity contribution is -0.189. The van der Waals surface area contributed by atoms with Crippen molar-refractivity contribution in [3.8, 4) is 11.6 Å². The maximum atomic E-state index is 15.2. The van der Waals surface area contributed by atoms with Gasteiger partial charge in [-0.05, 0) is 50.8 Å². The van der Waals surface area contributed by atoms with E-state index in [1.54, 1.807) is 25.1 Å². The minimum atomic E-state index is -1.59. The van der Waals surface area contributed by atoms with Gasteiger partial charge in [-0.1, -0.05) is 0 Å². The molecule has 1 atom stereocenters. The van der Waals surface area contributed by atoms with Crippen LogP contribution in [0.25, 0.3) is 11.0 Å². The first kappa shape index (κ1) is 26.8. The Kier molecular flexibility index (Phi) is 6.81. The fraction of sp³-hybridized carbons (Fsp3) is 0.500. The number of aromatic nitrogens is 3. The number of nitrogens with zero attached hydrogens (tertiary/aromatic N) is 3. The minimum absolute atomic E-state index is 0.0119. The Hall–Kier alpha value is -3.45. The van der Waals surface area contributed by atoms with Crippen molar-refractivity contribution in [2.75, 3.05) is 31.7 Å². The molecular weight excluding hydrogens is 521 g/mol. The summed E-state index contributed by atoms with van der Waals surface area (Å²) in [6, 6.07) is 6.93. The van der Waals surface area contributed by atoms with E-state index in [1.807, 2.05) is 6.07 Å². The average Bonchev–Trinajstić information content (AvgIpc) is 2.95. The highest BCUT2D eigenvalue weighted by Gasteiger charge is 2.52. The van der Waals surface area contributed by atoms with Crippen LogP contribution in [-0.4, -0.2) is 68.6 Å². The molecule has 40 heavy (non-hydrogen) atoms. The Bertz CT molecular complexity index is 1430. The number of rotatable bonds is 9. The molecule has 4 N–H and O–H groups in total. The first-order valence-electron chi connectivity index (χ1n) is 13.4. The zero-order chi connectivity index (χ0) is 28.0. The molecule has 0 aromatic carbocycles. The summed E-state index contributed by atoms with van der Waals surface area (Å²) >= 11 is 0. The van der Waals surface area contributed by atoms with E-state index in [2.05, 4.69) is 25.6 Å². The third-order valence-electron chi connectivity index (χ3n) is 8.14. The number of pyridine rings is 3. The van der Waals surface area contributed by atoms with Gasteiger partial charge in [-0.2, -0.15) is 0 Å². The topological polar surface area (TPSA) is 148 Å². The normalized spacial score (nSPS) is 25.1. The number of amides is 1. The van der Waals surface area contributed by atoms with Crippen molar-refractivity contribution in [2.24, 2.45) is 0 Å². The smallest absolute Gasteiger partial charge is 0.263 e. The maximum absolute atomic E-state index is 15.2. The predicted octanol–water partition coefficient (Wildman–Crippen LogP) is 2.34. The number of carbonyl (C=O) groups excluding carboxylic acids is 1. The molecule has 12 heteroatoms. The molecule has 6 heterocycles. The van der Waals surface area contributed by atoms with Crippen molar-refractivity contribution < 1.29 is 33.6 Å². The first-order chi connectivity index (χ1) is 19.2. The zero-order valence-corrected chi connectivity index (χ0v) is 22.2. The summed E-state index contributed by atoms with van der Waals surface area (Å²) in [6.45, 7) is 2.39. The van der Waals surface area contributed by atoms with Crippen LogP contribution in [0.3, 0.4) is 0 Å². The lowest BCUT2D eigenvalue weighted by Gasteiger charge is -2.55. The SMILES string of the molecule is CC(O)(CC12CCC(NCc3ccc4c(n3)NC(=O)CO4)(CC1)CO2)c1c(F)cnc2ccc(OCCO)nc12. The van der Waals surface area contributed by atoms with Gasteiger partial charge in [-0.3, -0.25) is 9.78 Å². The molecule has 0 radical (unpaired) electrons. The summed E-state index contributed by atoms with van der Waals surface area (Å²) in [5, 5.41) is 27.1. The molecule has 3 fully saturated rings. The van der Waals surface area contributed by atoms with Gasteiger partial charge in [-0.25, -0.2) is 14.4 Å². The monoisotopic (exact) mass is 553 g/mol. The van der Waals surface area contributed by atoms with Crippen molar-refractivity contribution >= 4 is 22.8 Å². The highest BCUT2D eigenvalue weighted by molar-refractivity contribution is 5.94. The molecule has 1 unspecified atom stereocenters. The van der Waals surface area contributed by atoms with Crippen molar-refractivity contribution in [3.63, 3.8) is 0 Å². The highest BCUT2D eigenvalue weighted by Crippen LogP contribution is 2.49. The molecule has 2 bridgehead atoms. The summed E-state index contributed by atoms with van der Waals surface area (Å²) in [4.78, 5) is 24.7. The van der Waals surface area contributed by atoms with E-state index >= 15 is 4.39 Å². The summed E-state index contributed by atoms with van der Waals surface area (Å²) in [5.74, 6) is 0.321. The maximum Gasteiger partial charge on any atom is 0.263 e. The Balaban J connectivity index is 1.15. The van der Waals surface area contributed by atoms with E-state index < -0.39 is 17.0 Å². The number of nitrogens with one attached hydrogen (secondary N) is 2. The number of anilines is 1. The average molecular weight is 554 g/mol. The van der Waals surface area contributed by atoms with Crippen LogP contribution >= 0.6 is 0 Å². The van der Waals surface area contributed by atoms with Gasteiger partial charge in [0.15, 0.2) is 18.2 Å². The van der Waals surface area contributed by atoms with Crippen LogP contribution in [-0.2, 0) is 21.7 Å². The summed E-state index contributed by atoms with van der Waals surface area (Å²) < 4.78 is 32.4. The summed E-state index contributed by atoms with van der Waals surface area (Å²) in [6.07, 6.45) is 4.34. The molecule has 1 amide bonds. The summed E-state index contributed by atoms with van der Waals surface area (Å²) in [5.41, 5.74) is -0.939. The molecule has 7 rings (SSSR count). The van der Waals surface area contributed by atoms with Crippen LogP contribution < -0.4 is 20.1 Å². The molecule has 1 aliphatic carbocycles. The Morgan fingerprint density at radius 3 is 2.77 bits per heavy atom. The van der Waals surface area contributed by atoms with E-state index in [-0.39, 0.29) is 54.6 Å². The van der Waals surface area contributed by atoms with Gasteiger partial charge < -0.3 is 35.1 Å². The summed E-state index contributed by atoms with van der Waals surface area (Å²) in [7, 11) is 0. The molecule has 1 saturated carbocycles. The third-order valence-corrected chi connectivity index (χ3v) is 8.14. The molecule has 4 aliphatic rings. The fourth-order valence-electron chi connectivity index (χ4n) is 6.09. The number of hydrogen-bond acceptors (Lipinski definition) is 10. The van der Waals surface area contributed by atoms with Gasteiger partial charge in [-0.15, -0.1) is 0 Å². The second kappa shape index (κ2) is 10.2. The second-order valence-electron chi connectivity index (χ2n) is 11.1. The number of fused-ring (bicyclic) bond motifs is 5. The van der Waals surface area contributed by atoms with Gasteiger partial charge >= 0.3 is 0 Å². The number of ether oxygens (including phenoxy) is 3. The molecule has 212 valence electrons.